The Bertz CT molecular complexity index is 353. The minimum absolute atomic E-state index is 0.00335. The molecule has 0 saturated carbocycles. The minimum Gasteiger partial charge on any atom is -0.478 e. The van der Waals surface area contributed by atoms with Gasteiger partial charge in [0.15, 0.2) is 0 Å². The lowest BCUT2D eigenvalue weighted by Crippen LogP contribution is -2.28. The zero-order chi connectivity index (χ0) is 12.0. The van der Waals surface area contributed by atoms with Crippen molar-refractivity contribution >= 4 is 11.7 Å². The molecule has 0 unspecified atom stereocenters. The fraction of sp³-hybridized carbons (Fsp3) is 0.455. The van der Waals surface area contributed by atoms with Gasteiger partial charge in [-0.3, -0.25) is 4.79 Å². The molecule has 16 heavy (non-hydrogen) atoms. The molecule has 0 aliphatic rings. The van der Waals surface area contributed by atoms with E-state index < -0.39 is 0 Å². The molecule has 0 radical (unpaired) electrons. The second-order valence-corrected chi connectivity index (χ2v) is 3.44. The molecular formula is C11H17N3O2. The number of hydrogen-bond donors (Lipinski definition) is 1. The smallest absolute Gasteiger partial charge is 0.241 e. The predicted molar refractivity (Wildman–Crippen MR) is 62.6 cm³/mol. The maximum Gasteiger partial charge on any atom is 0.241 e. The van der Waals surface area contributed by atoms with Crippen LogP contribution in [0.15, 0.2) is 18.2 Å². The van der Waals surface area contributed by atoms with Crippen molar-refractivity contribution in [3.63, 3.8) is 0 Å². The van der Waals surface area contributed by atoms with Crippen LogP contribution in [0.3, 0.4) is 0 Å². The van der Waals surface area contributed by atoms with Crippen LogP contribution < -0.4 is 10.1 Å². The number of carbonyl (C=O) groups is 1. The van der Waals surface area contributed by atoms with Crippen molar-refractivity contribution in [2.75, 3.05) is 32.6 Å². The predicted octanol–water partition coefficient (Wildman–Crippen LogP) is 0.980. The highest BCUT2D eigenvalue weighted by atomic mass is 16.5. The van der Waals surface area contributed by atoms with E-state index in [9.17, 15) is 4.79 Å². The van der Waals surface area contributed by atoms with Crippen molar-refractivity contribution in [2.45, 2.75) is 6.92 Å². The second kappa shape index (κ2) is 5.95. The van der Waals surface area contributed by atoms with Gasteiger partial charge in [0, 0.05) is 20.2 Å². The zero-order valence-corrected chi connectivity index (χ0v) is 9.86. The minimum atomic E-state index is 0.00335. The summed E-state index contributed by atoms with van der Waals surface area (Å²) in [5.41, 5.74) is 0. The van der Waals surface area contributed by atoms with Gasteiger partial charge in [0.1, 0.15) is 5.82 Å². The molecule has 1 rings (SSSR count). The maximum absolute atomic E-state index is 11.3. The SMILES string of the molecule is CCOc1cccc(NCC(=O)N(C)C)n1. The Hall–Kier alpha value is -1.78. The molecule has 0 aromatic carbocycles. The quantitative estimate of drug-likeness (QED) is 0.808. The van der Waals surface area contributed by atoms with Crippen LogP contribution >= 0.6 is 0 Å². The highest BCUT2D eigenvalue weighted by Crippen LogP contribution is 2.10. The van der Waals surface area contributed by atoms with Gasteiger partial charge in [-0.15, -0.1) is 0 Å². The van der Waals surface area contributed by atoms with Crippen LogP contribution in [0.25, 0.3) is 0 Å². The summed E-state index contributed by atoms with van der Waals surface area (Å²) in [5, 5.41) is 2.94. The highest BCUT2D eigenvalue weighted by molar-refractivity contribution is 5.80. The van der Waals surface area contributed by atoms with E-state index >= 15 is 0 Å². The first kappa shape index (κ1) is 12.3. The van der Waals surface area contributed by atoms with E-state index in [1.54, 1.807) is 26.2 Å². The lowest BCUT2D eigenvalue weighted by Gasteiger charge is -2.11. The maximum atomic E-state index is 11.3. The van der Waals surface area contributed by atoms with Crippen molar-refractivity contribution in [3.05, 3.63) is 18.2 Å². The normalized spacial score (nSPS) is 9.69. The lowest BCUT2D eigenvalue weighted by molar-refractivity contribution is -0.126. The van der Waals surface area contributed by atoms with Gasteiger partial charge in [-0.1, -0.05) is 6.07 Å². The van der Waals surface area contributed by atoms with Crippen molar-refractivity contribution in [1.82, 2.24) is 9.88 Å². The van der Waals surface area contributed by atoms with Crippen LogP contribution in [-0.4, -0.2) is 43.0 Å². The summed E-state index contributed by atoms with van der Waals surface area (Å²) in [7, 11) is 3.43. The molecule has 5 nitrogen and oxygen atoms in total. The van der Waals surface area contributed by atoms with Crippen LogP contribution in [0, 0.1) is 0 Å². The lowest BCUT2D eigenvalue weighted by atomic mass is 10.4. The first-order valence-electron chi connectivity index (χ1n) is 5.17. The summed E-state index contributed by atoms with van der Waals surface area (Å²) >= 11 is 0. The summed E-state index contributed by atoms with van der Waals surface area (Å²) in [6.45, 7) is 2.71. The molecule has 0 aliphatic carbocycles. The Morgan fingerprint density at radius 1 is 1.50 bits per heavy atom. The summed E-state index contributed by atoms with van der Waals surface area (Å²) in [6, 6.07) is 5.41. The number of likely N-dealkylation sites (N-methyl/N-ethyl adjacent to an activating group) is 1. The topological polar surface area (TPSA) is 54.5 Å². The molecule has 0 saturated heterocycles. The molecular weight excluding hydrogens is 206 g/mol. The van der Waals surface area contributed by atoms with Crippen molar-refractivity contribution in [2.24, 2.45) is 0 Å². The molecule has 0 atom stereocenters. The summed E-state index contributed by atoms with van der Waals surface area (Å²) < 4.78 is 5.25. The molecule has 0 bridgehead atoms. The van der Waals surface area contributed by atoms with Gasteiger partial charge in [-0.05, 0) is 13.0 Å². The van der Waals surface area contributed by atoms with E-state index in [0.29, 0.717) is 18.3 Å². The summed E-state index contributed by atoms with van der Waals surface area (Å²) in [4.78, 5) is 17.0. The van der Waals surface area contributed by atoms with Gasteiger partial charge in [0.05, 0.1) is 13.2 Å². The monoisotopic (exact) mass is 223 g/mol. The third-order valence-electron chi connectivity index (χ3n) is 1.94. The molecule has 0 aliphatic heterocycles. The number of aromatic nitrogens is 1. The van der Waals surface area contributed by atoms with Crippen LogP contribution in [0.4, 0.5) is 5.82 Å². The third-order valence-corrected chi connectivity index (χ3v) is 1.94. The molecule has 88 valence electrons. The fourth-order valence-electron chi connectivity index (χ4n) is 1.07. The highest BCUT2D eigenvalue weighted by Gasteiger charge is 2.04. The third kappa shape index (κ3) is 3.76. The van der Waals surface area contributed by atoms with E-state index in [1.807, 2.05) is 13.0 Å². The van der Waals surface area contributed by atoms with Crippen molar-refractivity contribution in [1.29, 1.82) is 0 Å². The molecule has 1 aromatic heterocycles. The number of anilines is 1. The zero-order valence-electron chi connectivity index (χ0n) is 9.86. The van der Waals surface area contributed by atoms with E-state index in [1.165, 1.54) is 4.90 Å². The van der Waals surface area contributed by atoms with E-state index in [4.69, 9.17) is 4.74 Å². The summed E-state index contributed by atoms with van der Waals surface area (Å²) in [5.74, 6) is 1.20. The Morgan fingerprint density at radius 2 is 2.25 bits per heavy atom. The van der Waals surface area contributed by atoms with Crippen LogP contribution in [-0.2, 0) is 4.79 Å². The van der Waals surface area contributed by atoms with Crippen LogP contribution in [0.5, 0.6) is 5.88 Å². The van der Waals surface area contributed by atoms with Crippen molar-refractivity contribution in [3.8, 4) is 5.88 Å². The van der Waals surface area contributed by atoms with Gasteiger partial charge < -0.3 is 15.0 Å². The molecule has 1 amide bonds. The molecule has 1 aromatic rings. The number of amides is 1. The largest absolute Gasteiger partial charge is 0.478 e. The van der Waals surface area contributed by atoms with Crippen LogP contribution in [0.2, 0.25) is 0 Å². The Balaban J connectivity index is 2.53. The van der Waals surface area contributed by atoms with Crippen LogP contribution in [0.1, 0.15) is 6.92 Å². The van der Waals surface area contributed by atoms with Gasteiger partial charge in [0.2, 0.25) is 11.8 Å². The van der Waals surface area contributed by atoms with E-state index in [2.05, 4.69) is 10.3 Å². The number of pyridine rings is 1. The van der Waals surface area contributed by atoms with E-state index in [0.717, 1.165) is 0 Å². The number of nitrogens with one attached hydrogen (secondary N) is 1. The molecule has 0 fully saturated rings. The average molecular weight is 223 g/mol. The van der Waals surface area contributed by atoms with Crippen molar-refractivity contribution < 1.29 is 9.53 Å². The molecule has 1 N–H and O–H groups in total. The molecule has 5 heteroatoms. The first-order valence-corrected chi connectivity index (χ1v) is 5.17. The average Bonchev–Trinajstić information content (AvgIpc) is 2.26. The number of hydrogen-bond acceptors (Lipinski definition) is 4. The first-order chi connectivity index (χ1) is 7.63. The Morgan fingerprint density at radius 3 is 2.88 bits per heavy atom. The molecule has 0 spiro atoms. The standard InChI is InChI=1S/C11H17N3O2/c1-4-16-10-7-5-6-9(13-10)12-8-11(15)14(2)3/h5-7H,4,8H2,1-3H3,(H,12,13). The van der Waals surface area contributed by atoms with Gasteiger partial charge in [-0.25, -0.2) is 0 Å². The molecule has 1 heterocycles. The number of carbonyl (C=O) groups excluding carboxylic acids is 1. The Labute approximate surface area is 95.4 Å². The number of rotatable bonds is 5. The van der Waals surface area contributed by atoms with Gasteiger partial charge in [-0.2, -0.15) is 4.98 Å². The van der Waals surface area contributed by atoms with Gasteiger partial charge >= 0.3 is 0 Å². The number of nitrogens with zero attached hydrogens (tertiary/aromatic N) is 2. The number of ether oxygens (including phenoxy) is 1. The second-order valence-electron chi connectivity index (χ2n) is 3.44. The van der Waals surface area contributed by atoms with Gasteiger partial charge in [0.25, 0.3) is 0 Å². The van der Waals surface area contributed by atoms with E-state index in [-0.39, 0.29) is 12.5 Å². The Kier molecular flexibility index (Phi) is 4.57. The fourth-order valence-corrected chi connectivity index (χ4v) is 1.07. The summed E-state index contributed by atoms with van der Waals surface area (Å²) in [6.07, 6.45) is 0.